The van der Waals surface area contributed by atoms with Crippen LogP contribution in [0.3, 0.4) is 0 Å². The largest absolute Gasteiger partial charge is 0.282 e. The Bertz CT molecular complexity index is 330. The predicted molar refractivity (Wildman–Crippen MR) is 79.0 cm³/mol. The van der Waals surface area contributed by atoms with Crippen LogP contribution in [0, 0.1) is 11.3 Å². The third kappa shape index (κ3) is 3.59. The number of rotatable bonds is 3. The smallest absolute Gasteiger partial charge is 0.229 e. The first kappa shape index (κ1) is 15.0. The molecular weight excluding hydrogens is 306 g/mol. The molecule has 2 aliphatic rings. The van der Waals surface area contributed by atoms with Gasteiger partial charge in [0, 0.05) is 24.7 Å². The fourth-order valence-corrected chi connectivity index (χ4v) is 4.09. The van der Waals surface area contributed by atoms with Crippen LogP contribution in [0.1, 0.15) is 58.3 Å². The van der Waals surface area contributed by atoms with Gasteiger partial charge in [0.1, 0.15) is 0 Å². The average molecular weight is 330 g/mol. The Balaban J connectivity index is 2.08. The number of nitrogens with zero attached hydrogens (tertiary/aromatic N) is 1. The molecule has 1 saturated heterocycles. The standard InChI is InChI=1S/C15H24BrNO2/c1-12-8-13(18)17(14(19)9-12)11-15(10-16)6-4-2-3-5-7-15/h12H,2-11H2,1H3. The summed E-state index contributed by atoms with van der Waals surface area (Å²) in [6.07, 6.45) is 8.34. The zero-order valence-corrected chi connectivity index (χ0v) is 13.4. The van der Waals surface area contributed by atoms with Crippen molar-refractivity contribution in [2.24, 2.45) is 11.3 Å². The molecule has 1 heterocycles. The van der Waals surface area contributed by atoms with E-state index in [1.807, 2.05) is 6.92 Å². The van der Waals surface area contributed by atoms with Crippen molar-refractivity contribution >= 4 is 27.7 Å². The van der Waals surface area contributed by atoms with E-state index in [0.717, 1.165) is 18.2 Å². The van der Waals surface area contributed by atoms with Gasteiger partial charge in [0.25, 0.3) is 0 Å². The third-order valence-electron chi connectivity index (χ3n) is 4.59. The number of carbonyl (C=O) groups is 2. The molecule has 0 bridgehead atoms. The SMILES string of the molecule is CC1CC(=O)N(CC2(CBr)CCCCCC2)C(=O)C1. The topological polar surface area (TPSA) is 37.4 Å². The molecule has 0 aromatic carbocycles. The highest BCUT2D eigenvalue weighted by molar-refractivity contribution is 9.09. The van der Waals surface area contributed by atoms with Crippen molar-refractivity contribution < 1.29 is 9.59 Å². The summed E-state index contributed by atoms with van der Waals surface area (Å²) in [6.45, 7) is 2.61. The molecule has 0 unspecified atom stereocenters. The number of amides is 2. The molecule has 1 aliphatic heterocycles. The van der Waals surface area contributed by atoms with E-state index in [1.165, 1.54) is 25.7 Å². The lowest BCUT2D eigenvalue weighted by Gasteiger charge is -2.38. The molecule has 2 amide bonds. The second kappa shape index (κ2) is 6.38. The Kier molecular flexibility index (Phi) is 5.04. The van der Waals surface area contributed by atoms with Crippen LogP contribution in [-0.2, 0) is 9.59 Å². The summed E-state index contributed by atoms with van der Waals surface area (Å²) in [7, 11) is 0. The van der Waals surface area contributed by atoms with Gasteiger partial charge in [-0.25, -0.2) is 0 Å². The highest BCUT2D eigenvalue weighted by atomic mass is 79.9. The molecule has 3 nitrogen and oxygen atoms in total. The van der Waals surface area contributed by atoms with E-state index in [0.29, 0.717) is 19.4 Å². The van der Waals surface area contributed by atoms with Crippen LogP contribution in [0.15, 0.2) is 0 Å². The van der Waals surface area contributed by atoms with E-state index in [9.17, 15) is 9.59 Å². The molecule has 0 radical (unpaired) electrons. The Morgan fingerprint density at radius 2 is 1.63 bits per heavy atom. The van der Waals surface area contributed by atoms with Crippen LogP contribution >= 0.6 is 15.9 Å². The molecule has 19 heavy (non-hydrogen) atoms. The minimum atomic E-state index is 0.0355. The minimum Gasteiger partial charge on any atom is -0.282 e. The molecule has 0 aromatic rings. The Morgan fingerprint density at radius 3 is 2.11 bits per heavy atom. The fourth-order valence-electron chi connectivity index (χ4n) is 3.35. The second-order valence-electron chi connectivity index (χ2n) is 6.43. The number of piperidine rings is 1. The van der Waals surface area contributed by atoms with Crippen molar-refractivity contribution in [2.45, 2.75) is 58.3 Å². The Labute approximate surface area is 124 Å². The van der Waals surface area contributed by atoms with E-state index in [-0.39, 0.29) is 23.1 Å². The van der Waals surface area contributed by atoms with Gasteiger partial charge in [-0.3, -0.25) is 14.5 Å². The Morgan fingerprint density at radius 1 is 1.11 bits per heavy atom. The van der Waals surface area contributed by atoms with Crippen molar-refractivity contribution in [3.05, 3.63) is 0 Å². The molecule has 0 aromatic heterocycles. The highest BCUT2D eigenvalue weighted by Gasteiger charge is 2.38. The van der Waals surface area contributed by atoms with Gasteiger partial charge in [-0.05, 0) is 24.2 Å². The normalized spacial score (nSPS) is 25.5. The maximum absolute atomic E-state index is 12.1. The molecule has 1 aliphatic carbocycles. The third-order valence-corrected chi connectivity index (χ3v) is 5.78. The van der Waals surface area contributed by atoms with Crippen LogP contribution < -0.4 is 0 Å². The number of halogens is 1. The monoisotopic (exact) mass is 329 g/mol. The summed E-state index contributed by atoms with van der Waals surface area (Å²) in [6, 6.07) is 0. The molecule has 4 heteroatoms. The predicted octanol–water partition coefficient (Wildman–Crippen LogP) is 3.51. The van der Waals surface area contributed by atoms with E-state index in [2.05, 4.69) is 15.9 Å². The molecule has 1 saturated carbocycles. The summed E-state index contributed by atoms with van der Waals surface area (Å²) in [5.41, 5.74) is 0.113. The second-order valence-corrected chi connectivity index (χ2v) is 7.00. The average Bonchev–Trinajstić information content (AvgIpc) is 2.60. The van der Waals surface area contributed by atoms with Crippen LogP contribution in [0.4, 0.5) is 0 Å². The van der Waals surface area contributed by atoms with Crippen LogP contribution in [0.2, 0.25) is 0 Å². The molecule has 2 rings (SSSR count). The van der Waals surface area contributed by atoms with Crippen LogP contribution in [-0.4, -0.2) is 28.6 Å². The van der Waals surface area contributed by atoms with Gasteiger partial charge in [0.05, 0.1) is 0 Å². The lowest BCUT2D eigenvalue weighted by Crippen LogP contribution is -2.49. The van der Waals surface area contributed by atoms with E-state index in [4.69, 9.17) is 0 Å². The van der Waals surface area contributed by atoms with Crippen LogP contribution in [0.25, 0.3) is 0 Å². The number of hydrogen-bond acceptors (Lipinski definition) is 2. The number of alkyl halides is 1. The fraction of sp³-hybridized carbons (Fsp3) is 0.867. The van der Waals surface area contributed by atoms with Crippen molar-refractivity contribution in [1.82, 2.24) is 4.90 Å². The van der Waals surface area contributed by atoms with Crippen LogP contribution in [0.5, 0.6) is 0 Å². The summed E-state index contributed by atoms with van der Waals surface area (Å²) in [5, 5.41) is 0.895. The maximum atomic E-state index is 12.1. The summed E-state index contributed by atoms with van der Waals surface area (Å²) < 4.78 is 0. The van der Waals surface area contributed by atoms with Crippen molar-refractivity contribution in [2.75, 3.05) is 11.9 Å². The number of hydrogen-bond donors (Lipinski definition) is 0. The molecule has 0 atom stereocenters. The quantitative estimate of drug-likeness (QED) is 0.451. The highest BCUT2D eigenvalue weighted by Crippen LogP contribution is 2.38. The molecule has 108 valence electrons. The van der Waals surface area contributed by atoms with Gasteiger partial charge in [-0.15, -0.1) is 0 Å². The zero-order valence-electron chi connectivity index (χ0n) is 11.8. The molecule has 0 spiro atoms. The van der Waals surface area contributed by atoms with Crippen molar-refractivity contribution in [1.29, 1.82) is 0 Å². The number of likely N-dealkylation sites (tertiary alicyclic amines) is 1. The van der Waals surface area contributed by atoms with Gasteiger partial charge >= 0.3 is 0 Å². The maximum Gasteiger partial charge on any atom is 0.229 e. The van der Waals surface area contributed by atoms with Crippen molar-refractivity contribution in [3.8, 4) is 0 Å². The first-order chi connectivity index (χ1) is 9.06. The summed E-state index contributed by atoms with van der Waals surface area (Å²) in [5.74, 6) is 0.284. The van der Waals surface area contributed by atoms with Gasteiger partial charge in [-0.1, -0.05) is 48.5 Å². The first-order valence-corrected chi connectivity index (χ1v) is 8.58. The van der Waals surface area contributed by atoms with E-state index in [1.54, 1.807) is 4.90 Å². The van der Waals surface area contributed by atoms with Gasteiger partial charge in [-0.2, -0.15) is 0 Å². The minimum absolute atomic E-state index is 0.0355. The van der Waals surface area contributed by atoms with Gasteiger partial charge in [0.15, 0.2) is 0 Å². The first-order valence-electron chi connectivity index (χ1n) is 7.45. The number of carbonyl (C=O) groups excluding carboxylic acids is 2. The lowest BCUT2D eigenvalue weighted by atomic mass is 9.81. The number of imide groups is 1. The molecular formula is C15H24BrNO2. The molecule has 2 fully saturated rings. The lowest BCUT2D eigenvalue weighted by molar-refractivity contribution is -0.151. The molecule has 0 N–H and O–H groups in total. The van der Waals surface area contributed by atoms with Gasteiger partial charge < -0.3 is 0 Å². The van der Waals surface area contributed by atoms with E-state index >= 15 is 0 Å². The van der Waals surface area contributed by atoms with Crippen molar-refractivity contribution in [3.63, 3.8) is 0 Å². The summed E-state index contributed by atoms with van der Waals surface area (Å²) >= 11 is 3.63. The zero-order chi connectivity index (χ0) is 13.9. The van der Waals surface area contributed by atoms with E-state index < -0.39 is 0 Å². The summed E-state index contributed by atoms with van der Waals surface area (Å²) in [4.78, 5) is 25.8. The van der Waals surface area contributed by atoms with Gasteiger partial charge in [0.2, 0.25) is 11.8 Å². The Hall–Kier alpha value is -0.380.